The fourth-order valence-corrected chi connectivity index (χ4v) is 4.98. The van der Waals surface area contributed by atoms with Crippen molar-refractivity contribution in [3.05, 3.63) is 83.9 Å². The van der Waals surface area contributed by atoms with Crippen LogP contribution in [0.5, 0.6) is 5.75 Å². The van der Waals surface area contributed by atoms with Crippen molar-refractivity contribution >= 4 is 27.5 Å². The van der Waals surface area contributed by atoms with Crippen LogP contribution >= 0.6 is 0 Å². The van der Waals surface area contributed by atoms with Crippen molar-refractivity contribution in [3.8, 4) is 5.75 Å². The minimum absolute atomic E-state index is 0.253. The van der Waals surface area contributed by atoms with Crippen LogP contribution in [0.2, 0.25) is 0 Å². The van der Waals surface area contributed by atoms with E-state index in [1.807, 2.05) is 19.1 Å². The van der Waals surface area contributed by atoms with Gasteiger partial charge in [0.05, 0.1) is 10.6 Å². The molecule has 1 amide bonds. The average Bonchev–Trinajstić information content (AvgIpc) is 2.74. The van der Waals surface area contributed by atoms with Crippen molar-refractivity contribution in [1.29, 1.82) is 0 Å². The summed E-state index contributed by atoms with van der Waals surface area (Å²) in [5.74, 6) is 0.427. The van der Waals surface area contributed by atoms with E-state index in [9.17, 15) is 13.2 Å². The molecule has 154 valence electrons. The second-order valence-electron chi connectivity index (χ2n) is 7.16. The van der Waals surface area contributed by atoms with E-state index in [2.05, 4.69) is 5.32 Å². The number of carbonyl (C=O) groups is 1. The first-order valence-electron chi connectivity index (χ1n) is 9.70. The summed E-state index contributed by atoms with van der Waals surface area (Å²) < 4.78 is 33.2. The maximum absolute atomic E-state index is 13.2. The van der Waals surface area contributed by atoms with E-state index in [-0.39, 0.29) is 4.90 Å². The van der Waals surface area contributed by atoms with Crippen molar-refractivity contribution in [3.63, 3.8) is 0 Å². The van der Waals surface area contributed by atoms with Crippen molar-refractivity contribution in [2.75, 3.05) is 16.2 Å². The Morgan fingerprint density at radius 3 is 2.47 bits per heavy atom. The number of amides is 1. The molecule has 3 aromatic rings. The fraction of sp³-hybridized carbons (Fsp3) is 0.174. The van der Waals surface area contributed by atoms with Crippen LogP contribution in [0.3, 0.4) is 0 Å². The van der Waals surface area contributed by atoms with E-state index < -0.39 is 16.1 Å². The van der Waals surface area contributed by atoms with Crippen LogP contribution in [-0.2, 0) is 16.4 Å². The van der Waals surface area contributed by atoms with Crippen molar-refractivity contribution < 1.29 is 17.9 Å². The number of para-hydroxylation sites is 1. The third kappa shape index (κ3) is 4.16. The molecule has 0 aromatic heterocycles. The molecule has 4 rings (SSSR count). The Kier molecular flexibility index (Phi) is 5.46. The van der Waals surface area contributed by atoms with Gasteiger partial charge in [0.2, 0.25) is 0 Å². The zero-order valence-corrected chi connectivity index (χ0v) is 17.4. The van der Waals surface area contributed by atoms with E-state index in [1.54, 1.807) is 60.7 Å². The lowest BCUT2D eigenvalue weighted by Gasteiger charge is -2.31. The highest BCUT2D eigenvalue weighted by molar-refractivity contribution is 7.92. The van der Waals surface area contributed by atoms with Crippen LogP contribution in [0.15, 0.2) is 77.7 Å². The molecular formula is C23H22N2O4S. The minimum atomic E-state index is -3.70. The van der Waals surface area contributed by atoms with Gasteiger partial charge >= 0.3 is 6.09 Å². The molecule has 0 bridgehead atoms. The Hall–Kier alpha value is -3.32. The second kappa shape index (κ2) is 8.20. The van der Waals surface area contributed by atoms with Gasteiger partial charge in [0.15, 0.2) is 0 Å². The number of rotatable bonds is 4. The molecule has 0 aliphatic carbocycles. The van der Waals surface area contributed by atoms with Gasteiger partial charge in [-0.1, -0.05) is 42.0 Å². The van der Waals surface area contributed by atoms with Gasteiger partial charge in [0.1, 0.15) is 5.75 Å². The molecule has 30 heavy (non-hydrogen) atoms. The number of hydrogen-bond acceptors (Lipinski definition) is 4. The normalized spacial score (nSPS) is 13.4. The first-order chi connectivity index (χ1) is 14.4. The Morgan fingerprint density at radius 1 is 1.00 bits per heavy atom. The summed E-state index contributed by atoms with van der Waals surface area (Å²) in [7, 11) is -3.70. The molecule has 1 N–H and O–H groups in total. The maximum atomic E-state index is 13.2. The Morgan fingerprint density at radius 2 is 1.73 bits per heavy atom. The van der Waals surface area contributed by atoms with Crippen molar-refractivity contribution in [2.45, 2.75) is 24.7 Å². The number of nitrogens with one attached hydrogen (secondary N) is 1. The summed E-state index contributed by atoms with van der Waals surface area (Å²) in [6, 6.07) is 20.9. The maximum Gasteiger partial charge on any atom is 0.417 e. The van der Waals surface area contributed by atoms with Crippen LogP contribution in [0, 0.1) is 6.92 Å². The molecule has 7 heteroatoms. The molecule has 1 aliphatic rings. The van der Waals surface area contributed by atoms with Crippen LogP contribution in [0.4, 0.5) is 16.2 Å². The van der Waals surface area contributed by atoms with Crippen molar-refractivity contribution in [2.24, 2.45) is 0 Å². The lowest BCUT2D eigenvalue weighted by molar-refractivity contribution is 0.215. The Bertz CT molecular complexity index is 1160. The monoisotopic (exact) mass is 422 g/mol. The van der Waals surface area contributed by atoms with Crippen LogP contribution in [-0.4, -0.2) is 21.1 Å². The predicted octanol–water partition coefficient (Wildman–Crippen LogP) is 4.75. The highest BCUT2D eigenvalue weighted by Gasteiger charge is 2.29. The molecule has 6 nitrogen and oxygen atoms in total. The molecule has 0 radical (unpaired) electrons. The highest BCUT2D eigenvalue weighted by atomic mass is 32.2. The highest BCUT2D eigenvalue weighted by Crippen LogP contribution is 2.34. The van der Waals surface area contributed by atoms with E-state index in [4.69, 9.17) is 4.74 Å². The number of aryl methyl sites for hydroxylation is 2. The lowest BCUT2D eigenvalue weighted by Crippen LogP contribution is -2.35. The minimum Gasteiger partial charge on any atom is -0.410 e. The summed E-state index contributed by atoms with van der Waals surface area (Å²) in [5.41, 5.74) is 2.98. The smallest absolute Gasteiger partial charge is 0.410 e. The molecule has 3 aromatic carbocycles. The summed E-state index contributed by atoms with van der Waals surface area (Å²) in [4.78, 5) is 12.5. The standard InChI is InChI=1S/C23H22N2O4S/c1-17-9-13-21(14-10-17)30(27,28)25-15-5-6-18-11-12-19(16-22(18)25)24-23(26)29-20-7-3-2-4-8-20/h2-4,7-14,16H,5-6,15H2,1H3,(H,24,26). The van der Waals surface area contributed by atoms with Crippen molar-refractivity contribution in [1.82, 2.24) is 0 Å². The van der Waals surface area contributed by atoms with Gasteiger partial charge in [0.25, 0.3) is 10.0 Å². The largest absolute Gasteiger partial charge is 0.417 e. The number of anilines is 2. The second-order valence-corrected chi connectivity index (χ2v) is 9.03. The quantitative estimate of drug-likeness (QED) is 0.658. The molecule has 0 spiro atoms. The average molecular weight is 423 g/mol. The van der Waals surface area contributed by atoms with E-state index >= 15 is 0 Å². The van der Waals surface area contributed by atoms with Gasteiger partial charge in [-0.05, 0) is 61.7 Å². The SMILES string of the molecule is Cc1ccc(S(=O)(=O)N2CCCc3ccc(NC(=O)Oc4ccccc4)cc32)cc1. The van der Waals surface area contributed by atoms with E-state index in [0.29, 0.717) is 23.7 Å². The molecule has 1 heterocycles. The topological polar surface area (TPSA) is 75.7 Å². The Balaban J connectivity index is 1.60. The summed E-state index contributed by atoms with van der Waals surface area (Å²) in [6.45, 7) is 2.31. The molecule has 0 atom stereocenters. The molecule has 1 aliphatic heterocycles. The molecular weight excluding hydrogens is 400 g/mol. The third-order valence-electron chi connectivity index (χ3n) is 4.97. The zero-order valence-electron chi connectivity index (χ0n) is 16.5. The van der Waals surface area contributed by atoms with E-state index in [1.165, 1.54) is 4.31 Å². The van der Waals surface area contributed by atoms with Gasteiger partial charge in [-0.3, -0.25) is 9.62 Å². The molecule has 0 fully saturated rings. The summed E-state index contributed by atoms with van der Waals surface area (Å²) >= 11 is 0. The van der Waals surface area contributed by atoms with Gasteiger partial charge in [-0.15, -0.1) is 0 Å². The molecule has 0 saturated carbocycles. The number of hydrogen-bond donors (Lipinski definition) is 1. The first kappa shape index (κ1) is 20.0. The van der Waals surface area contributed by atoms with Crippen LogP contribution in [0.25, 0.3) is 0 Å². The molecule has 0 saturated heterocycles. The number of fused-ring (bicyclic) bond motifs is 1. The number of nitrogens with zero attached hydrogens (tertiary/aromatic N) is 1. The zero-order chi connectivity index (χ0) is 21.1. The van der Waals surface area contributed by atoms with Gasteiger partial charge in [-0.2, -0.15) is 0 Å². The lowest BCUT2D eigenvalue weighted by atomic mass is 10.0. The first-order valence-corrected chi connectivity index (χ1v) is 11.1. The molecule has 0 unspecified atom stereocenters. The van der Waals surface area contributed by atoms with Crippen LogP contribution in [0.1, 0.15) is 17.5 Å². The van der Waals surface area contributed by atoms with Crippen LogP contribution < -0.4 is 14.4 Å². The fourth-order valence-electron chi connectivity index (χ4n) is 3.44. The predicted molar refractivity (Wildman–Crippen MR) is 117 cm³/mol. The number of sulfonamides is 1. The Labute approximate surface area is 176 Å². The number of benzene rings is 3. The summed E-state index contributed by atoms with van der Waals surface area (Å²) in [6.07, 6.45) is 0.884. The third-order valence-corrected chi connectivity index (χ3v) is 6.80. The van der Waals surface area contributed by atoms with Gasteiger partial charge < -0.3 is 4.74 Å². The van der Waals surface area contributed by atoms with Gasteiger partial charge in [0, 0.05) is 12.2 Å². The number of ether oxygens (including phenoxy) is 1. The summed E-state index contributed by atoms with van der Waals surface area (Å²) in [5, 5.41) is 2.68. The van der Waals surface area contributed by atoms with Gasteiger partial charge in [-0.25, -0.2) is 13.2 Å². The van der Waals surface area contributed by atoms with E-state index in [0.717, 1.165) is 24.0 Å². The number of carbonyl (C=O) groups excluding carboxylic acids is 1.